The van der Waals surface area contributed by atoms with Gasteiger partial charge in [0, 0.05) is 37.4 Å². The van der Waals surface area contributed by atoms with Gasteiger partial charge in [0.25, 0.3) is 5.91 Å². The highest BCUT2D eigenvalue weighted by Gasteiger charge is 2.25. The minimum atomic E-state index is -3.35. The van der Waals surface area contributed by atoms with Crippen molar-refractivity contribution in [2.45, 2.75) is 60.0 Å². The number of nitrogens with one attached hydrogen (secondary N) is 1. The van der Waals surface area contributed by atoms with Crippen LogP contribution in [-0.4, -0.2) is 54.8 Å². The smallest absolute Gasteiger partial charge is 0.351 e. The molecule has 0 aliphatic carbocycles. The third-order valence-electron chi connectivity index (χ3n) is 5.44. The van der Waals surface area contributed by atoms with E-state index in [9.17, 15) is 9.36 Å². The van der Waals surface area contributed by atoms with Gasteiger partial charge in [0.05, 0.1) is 25.9 Å². The van der Waals surface area contributed by atoms with Crippen LogP contribution in [0.15, 0.2) is 60.8 Å². The number of ether oxygens (including phenoxy) is 3. The lowest BCUT2D eigenvalue weighted by Crippen LogP contribution is -2.20. The van der Waals surface area contributed by atoms with Crippen LogP contribution in [0, 0.1) is 0 Å². The molecule has 1 heterocycles. The summed E-state index contributed by atoms with van der Waals surface area (Å²) < 4.78 is 42.2. The van der Waals surface area contributed by atoms with Crippen LogP contribution in [0.5, 0.6) is 11.5 Å². The van der Waals surface area contributed by atoms with Crippen LogP contribution in [0.2, 0.25) is 0 Å². The molecule has 0 fully saturated rings. The first-order valence-electron chi connectivity index (χ1n) is 13.0. The number of amides is 1. The van der Waals surface area contributed by atoms with Crippen molar-refractivity contribution in [2.24, 2.45) is 0 Å². The highest BCUT2D eigenvalue weighted by atomic mass is 31.2. The van der Waals surface area contributed by atoms with Gasteiger partial charge in [-0.1, -0.05) is 37.8 Å². The first-order chi connectivity index (χ1) is 18.7. The van der Waals surface area contributed by atoms with Gasteiger partial charge in [-0.15, -0.1) is 0 Å². The summed E-state index contributed by atoms with van der Waals surface area (Å²) >= 11 is 0. The fourth-order valence-electron chi connectivity index (χ4n) is 3.95. The molecule has 2 aromatic carbocycles. The van der Waals surface area contributed by atoms with Crippen molar-refractivity contribution in [3.05, 3.63) is 71.9 Å². The Kier molecular flexibility index (Phi) is 13.4. The van der Waals surface area contributed by atoms with Crippen LogP contribution >= 0.6 is 7.60 Å². The summed E-state index contributed by atoms with van der Waals surface area (Å²) in [7, 11) is -1.75. The van der Waals surface area contributed by atoms with Crippen molar-refractivity contribution in [1.29, 1.82) is 0 Å². The standard InChI is InChI=1S/C28H38N3O7P.CH4/c1-6-35-39(33,36-7-2)20-31-14-13-27(30-31)29-28(32)24-16-25(18-26(17-24)38-22(4)19-34-5)37-21(3)15-23-11-9-8-10-12-23;/h8-14,16-18,21-22H,6-7,15,19-20H2,1-5H3,(H,29,30,32);1H4/t21-,22-;/m0./s1. The zero-order valence-corrected chi connectivity index (χ0v) is 24.1. The molecule has 40 heavy (non-hydrogen) atoms. The van der Waals surface area contributed by atoms with E-state index in [1.807, 2.05) is 44.2 Å². The Hall–Kier alpha value is -3.17. The van der Waals surface area contributed by atoms with Crippen molar-refractivity contribution < 1.29 is 32.6 Å². The molecule has 0 saturated carbocycles. The van der Waals surface area contributed by atoms with Gasteiger partial charge in [0.1, 0.15) is 23.9 Å². The minimum absolute atomic E-state index is 0. The largest absolute Gasteiger partial charge is 0.490 e. The topological polar surface area (TPSA) is 110 Å². The summed E-state index contributed by atoms with van der Waals surface area (Å²) in [6, 6.07) is 16.7. The van der Waals surface area contributed by atoms with E-state index in [-0.39, 0.29) is 39.1 Å². The predicted octanol–water partition coefficient (Wildman–Crippen LogP) is 6.42. The summed E-state index contributed by atoms with van der Waals surface area (Å²) in [5.41, 5.74) is 1.49. The SMILES string of the molecule is C.CCOP(=O)(Cn1ccc(NC(=O)c2cc(O[C@@H](C)COC)cc(O[C@@H](C)Cc3ccccc3)c2)n1)OCC. The monoisotopic (exact) mass is 575 g/mol. The second kappa shape index (κ2) is 16.2. The van der Waals surface area contributed by atoms with E-state index in [0.29, 0.717) is 35.9 Å². The number of aromatic nitrogens is 2. The van der Waals surface area contributed by atoms with Gasteiger partial charge < -0.3 is 28.6 Å². The molecule has 0 aliphatic heterocycles. The highest BCUT2D eigenvalue weighted by Crippen LogP contribution is 2.49. The van der Waals surface area contributed by atoms with E-state index in [1.54, 1.807) is 51.4 Å². The van der Waals surface area contributed by atoms with Crippen molar-refractivity contribution >= 4 is 19.3 Å². The van der Waals surface area contributed by atoms with Crippen LogP contribution < -0.4 is 14.8 Å². The number of rotatable bonds is 16. The number of anilines is 1. The molecule has 3 rings (SSSR count). The lowest BCUT2D eigenvalue weighted by molar-refractivity contribution is 0.0913. The fraction of sp³-hybridized carbons (Fsp3) is 0.448. The van der Waals surface area contributed by atoms with Crippen molar-refractivity contribution in [3.8, 4) is 11.5 Å². The summed E-state index contributed by atoms with van der Waals surface area (Å²) in [4.78, 5) is 13.2. The Bertz CT molecular complexity index is 1230. The van der Waals surface area contributed by atoms with Crippen LogP contribution in [0.1, 0.15) is 51.0 Å². The van der Waals surface area contributed by atoms with E-state index in [1.165, 1.54) is 4.68 Å². The van der Waals surface area contributed by atoms with Gasteiger partial charge in [-0.3, -0.25) is 14.0 Å². The Labute approximate surface area is 237 Å². The second-order valence-corrected chi connectivity index (χ2v) is 11.0. The first kappa shape index (κ1) is 33.0. The number of methoxy groups -OCH3 is 1. The molecule has 2 atom stereocenters. The maximum absolute atomic E-state index is 13.2. The maximum Gasteiger partial charge on any atom is 0.351 e. The number of carbonyl (C=O) groups is 1. The molecular formula is C29H42N3O7P. The Balaban J connectivity index is 0.00000560. The number of hydrogen-bond acceptors (Lipinski definition) is 8. The van der Waals surface area contributed by atoms with Gasteiger partial charge in [-0.2, -0.15) is 5.10 Å². The molecule has 1 N–H and O–H groups in total. The number of nitrogens with zero attached hydrogens (tertiary/aromatic N) is 2. The lowest BCUT2D eigenvalue weighted by atomic mass is 10.1. The zero-order chi connectivity index (χ0) is 28.3. The molecule has 1 aromatic heterocycles. The highest BCUT2D eigenvalue weighted by molar-refractivity contribution is 7.52. The molecule has 1 amide bonds. The van der Waals surface area contributed by atoms with E-state index in [4.69, 9.17) is 23.3 Å². The molecule has 0 aliphatic rings. The third-order valence-corrected chi connectivity index (χ3v) is 7.38. The molecule has 0 unspecified atom stereocenters. The normalized spacial score (nSPS) is 12.7. The third kappa shape index (κ3) is 10.4. The molecule has 3 aromatic rings. The Morgan fingerprint density at radius 2 is 1.60 bits per heavy atom. The average Bonchev–Trinajstić information content (AvgIpc) is 3.30. The molecule has 0 bridgehead atoms. The van der Waals surface area contributed by atoms with E-state index in [0.717, 1.165) is 5.56 Å². The van der Waals surface area contributed by atoms with Gasteiger partial charge in [0.15, 0.2) is 5.82 Å². The molecule has 0 radical (unpaired) electrons. The minimum Gasteiger partial charge on any atom is -0.490 e. The number of benzene rings is 2. The average molecular weight is 576 g/mol. The predicted molar refractivity (Wildman–Crippen MR) is 156 cm³/mol. The van der Waals surface area contributed by atoms with E-state index >= 15 is 0 Å². The molecule has 10 nitrogen and oxygen atoms in total. The zero-order valence-electron chi connectivity index (χ0n) is 23.2. The van der Waals surface area contributed by atoms with Gasteiger partial charge in [-0.05, 0) is 45.4 Å². The first-order valence-corrected chi connectivity index (χ1v) is 14.7. The Morgan fingerprint density at radius 1 is 0.975 bits per heavy atom. The Morgan fingerprint density at radius 3 is 2.20 bits per heavy atom. The van der Waals surface area contributed by atoms with E-state index in [2.05, 4.69) is 10.4 Å². The van der Waals surface area contributed by atoms with Crippen molar-refractivity contribution in [1.82, 2.24) is 9.78 Å². The summed E-state index contributed by atoms with van der Waals surface area (Å²) in [6.45, 7) is 8.23. The van der Waals surface area contributed by atoms with E-state index < -0.39 is 13.5 Å². The van der Waals surface area contributed by atoms with Crippen molar-refractivity contribution in [2.75, 3.05) is 32.2 Å². The molecule has 11 heteroatoms. The summed E-state index contributed by atoms with van der Waals surface area (Å²) in [5, 5.41) is 7.09. The number of hydrogen-bond donors (Lipinski definition) is 1. The van der Waals surface area contributed by atoms with Gasteiger partial charge in [0.2, 0.25) is 0 Å². The van der Waals surface area contributed by atoms with Crippen LogP contribution in [0.25, 0.3) is 0 Å². The van der Waals surface area contributed by atoms with Crippen LogP contribution in [0.4, 0.5) is 5.82 Å². The molecule has 0 saturated heterocycles. The van der Waals surface area contributed by atoms with Gasteiger partial charge in [-0.25, -0.2) is 0 Å². The number of carbonyl (C=O) groups excluding carboxylic acids is 1. The summed E-state index contributed by atoms with van der Waals surface area (Å²) in [5.74, 6) is 0.876. The quantitative estimate of drug-likeness (QED) is 0.195. The molecular weight excluding hydrogens is 533 g/mol. The summed E-state index contributed by atoms with van der Waals surface area (Å²) in [6.07, 6.45) is 1.87. The van der Waals surface area contributed by atoms with Gasteiger partial charge >= 0.3 is 7.60 Å². The van der Waals surface area contributed by atoms with Crippen molar-refractivity contribution in [3.63, 3.8) is 0 Å². The lowest BCUT2D eigenvalue weighted by Gasteiger charge is -2.19. The molecule has 220 valence electrons. The second-order valence-electron chi connectivity index (χ2n) is 8.98. The molecule has 0 spiro atoms. The maximum atomic E-state index is 13.2. The van der Waals surface area contributed by atoms with Crippen LogP contribution in [-0.2, 0) is 31.1 Å². The fourth-order valence-corrected chi connectivity index (χ4v) is 5.48. The van der Waals surface area contributed by atoms with Crippen LogP contribution in [0.3, 0.4) is 0 Å².